The molecule has 3 aromatic rings. The number of nitrogens with one attached hydrogen (secondary N) is 1. The number of nitrogens with zero attached hydrogens (tertiary/aromatic N) is 3. The predicted molar refractivity (Wildman–Crippen MR) is 120 cm³/mol. The van der Waals surface area contributed by atoms with Crippen LogP contribution in [0.15, 0.2) is 47.2 Å². The van der Waals surface area contributed by atoms with Gasteiger partial charge >= 0.3 is 5.97 Å². The summed E-state index contributed by atoms with van der Waals surface area (Å²) in [5.41, 5.74) is 3.52. The van der Waals surface area contributed by atoms with E-state index in [1.54, 1.807) is 24.3 Å². The average Bonchev–Trinajstić information content (AvgIpc) is 3.06. The summed E-state index contributed by atoms with van der Waals surface area (Å²) in [4.78, 5) is 16.3. The van der Waals surface area contributed by atoms with E-state index in [4.69, 9.17) is 16.9 Å². The number of benzene rings is 2. The highest BCUT2D eigenvalue weighted by molar-refractivity contribution is 9.10. The summed E-state index contributed by atoms with van der Waals surface area (Å²) in [5.74, 6) is -1.12. The van der Waals surface area contributed by atoms with Gasteiger partial charge in [0.05, 0.1) is 23.4 Å². The molecule has 2 N–H and O–H groups in total. The van der Waals surface area contributed by atoms with Gasteiger partial charge in [-0.05, 0) is 72.1 Å². The second-order valence-corrected chi connectivity index (χ2v) is 8.30. The zero-order valence-corrected chi connectivity index (χ0v) is 19.0. The van der Waals surface area contributed by atoms with Crippen molar-refractivity contribution < 1.29 is 9.90 Å². The minimum absolute atomic E-state index is 0.0434. The summed E-state index contributed by atoms with van der Waals surface area (Å²) in [5, 5.41) is 23.0. The standard InChI is InChI=1S/C22H20BrClN4O2/c1-12(2)28-20(19(21(29)30)27-22(28)23)18(15-7-5-14(11-25)6-8-15)26-17-10-16(24)9-4-13(17)3/h4-10,12,18,26H,1-3H3,(H,29,30). The van der Waals surface area contributed by atoms with Crippen molar-refractivity contribution >= 4 is 39.2 Å². The minimum Gasteiger partial charge on any atom is -0.476 e. The van der Waals surface area contributed by atoms with E-state index < -0.39 is 12.0 Å². The third kappa shape index (κ3) is 4.35. The number of hydrogen-bond acceptors (Lipinski definition) is 4. The lowest BCUT2D eigenvalue weighted by molar-refractivity contribution is 0.0689. The SMILES string of the molecule is Cc1ccc(Cl)cc1NC(c1ccc(C#N)cc1)c1c(C(=O)O)nc(Br)n1C(C)C. The summed E-state index contributed by atoms with van der Waals surface area (Å²) >= 11 is 9.61. The number of carbonyl (C=O) groups is 1. The van der Waals surface area contributed by atoms with Crippen LogP contribution in [0.4, 0.5) is 5.69 Å². The van der Waals surface area contributed by atoms with Crippen LogP contribution in [0.5, 0.6) is 0 Å². The molecule has 3 rings (SSSR count). The van der Waals surface area contributed by atoms with Crippen LogP contribution in [0.25, 0.3) is 0 Å². The molecule has 6 nitrogen and oxygen atoms in total. The van der Waals surface area contributed by atoms with E-state index in [1.807, 2.05) is 43.5 Å². The molecule has 0 saturated carbocycles. The topological polar surface area (TPSA) is 90.9 Å². The Labute approximate surface area is 188 Å². The largest absolute Gasteiger partial charge is 0.476 e. The van der Waals surface area contributed by atoms with Crippen LogP contribution >= 0.6 is 27.5 Å². The van der Waals surface area contributed by atoms with Gasteiger partial charge in [0.2, 0.25) is 0 Å². The summed E-state index contributed by atoms with van der Waals surface area (Å²) in [7, 11) is 0. The Morgan fingerprint density at radius 3 is 2.50 bits per heavy atom. The molecule has 0 spiro atoms. The molecule has 1 atom stereocenters. The number of halogens is 2. The van der Waals surface area contributed by atoms with Gasteiger partial charge in [-0.3, -0.25) is 0 Å². The second-order valence-electron chi connectivity index (χ2n) is 7.15. The van der Waals surface area contributed by atoms with Crippen molar-refractivity contribution in [3.05, 3.63) is 80.3 Å². The molecular weight excluding hydrogens is 468 g/mol. The first-order chi connectivity index (χ1) is 14.2. The van der Waals surface area contributed by atoms with E-state index in [1.165, 1.54) is 0 Å². The van der Waals surface area contributed by atoms with Gasteiger partial charge in [-0.25, -0.2) is 9.78 Å². The number of imidazole rings is 1. The summed E-state index contributed by atoms with van der Waals surface area (Å²) in [6.45, 7) is 5.87. The van der Waals surface area contributed by atoms with Gasteiger partial charge < -0.3 is 15.0 Å². The molecule has 0 radical (unpaired) electrons. The smallest absolute Gasteiger partial charge is 0.356 e. The lowest BCUT2D eigenvalue weighted by atomic mass is 9.99. The number of hydrogen-bond donors (Lipinski definition) is 2. The van der Waals surface area contributed by atoms with Crippen LogP contribution in [0, 0.1) is 18.3 Å². The monoisotopic (exact) mass is 486 g/mol. The number of aromatic carboxylic acids is 1. The highest BCUT2D eigenvalue weighted by atomic mass is 79.9. The molecule has 0 fully saturated rings. The van der Waals surface area contributed by atoms with E-state index in [0.717, 1.165) is 16.8 Å². The minimum atomic E-state index is -1.12. The molecule has 1 heterocycles. The lowest BCUT2D eigenvalue weighted by Gasteiger charge is -2.25. The Hall–Kier alpha value is -2.82. The van der Waals surface area contributed by atoms with Crippen LogP contribution < -0.4 is 5.32 Å². The van der Waals surface area contributed by atoms with Crippen molar-refractivity contribution in [3.63, 3.8) is 0 Å². The first-order valence-electron chi connectivity index (χ1n) is 9.26. The van der Waals surface area contributed by atoms with Crippen molar-refractivity contribution in [2.75, 3.05) is 5.32 Å². The second kappa shape index (κ2) is 8.90. The molecule has 0 saturated heterocycles. The zero-order chi connectivity index (χ0) is 22.0. The molecule has 30 heavy (non-hydrogen) atoms. The van der Waals surface area contributed by atoms with Gasteiger partial charge in [0.25, 0.3) is 0 Å². The van der Waals surface area contributed by atoms with Crippen LogP contribution in [0.2, 0.25) is 5.02 Å². The average molecular weight is 488 g/mol. The summed E-state index contributed by atoms with van der Waals surface area (Å²) < 4.78 is 2.28. The predicted octanol–water partition coefficient (Wildman–Crippen LogP) is 5.96. The van der Waals surface area contributed by atoms with Crippen molar-refractivity contribution in [1.82, 2.24) is 9.55 Å². The molecule has 0 bridgehead atoms. The van der Waals surface area contributed by atoms with Gasteiger partial charge in [-0.1, -0.05) is 29.8 Å². The maximum absolute atomic E-state index is 12.0. The Balaban J connectivity index is 2.25. The first-order valence-corrected chi connectivity index (χ1v) is 10.4. The molecule has 1 unspecified atom stereocenters. The van der Waals surface area contributed by atoms with Gasteiger partial charge in [-0.15, -0.1) is 0 Å². The van der Waals surface area contributed by atoms with Crippen LogP contribution in [0.3, 0.4) is 0 Å². The number of carboxylic acid groups (broad SMARTS) is 1. The number of aryl methyl sites for hydroxylation is 1. The maximum atomic E-state index is 12.0. The van der Waals surface area contributed by atoms with Gasteiger partial charge in [-0.2, -0.15) is 5.26 Å². The molecule has 8 heteroatoms. The Kier molecular flexibility index (Phi) is 6.49. The number of nitriles is 1. The molecule has 2 aromatic carbocycles. The van der Waals surface area contributed by atoms with Gasteiger partial charge in [0.15, 0.2) is 10.4 Å². The van der Waals surface area contributed by atoms with Crippen LogP contribution in [0.1, 0.15) is 58.8 Å². The molecule has 0 aliphatic heterocycles. The molecule has 154 valence electrons. The lowest BCUT2D eigenvalue weighted by Crippen LogP contribution is -2.21. The first kappa shape index (κ1) is 21.9. The number of anilines is 1. The Morgan fingerprint density at radius 2 is 1.93 bits per heavy atom. The van der Waals surface area contributed by atoms with Crippen molar-refractivity contribution in [2.45, 2.75) is 32.9 Å². The summed E-state index contributed by atoms with van der Waals surface area (Å²) in [6, 6.07) is 14.1. The van der Waals surface area contributed by atoms with Crippen molar-refractivity contribution in [1.29, 1.82) is 5.26 Å². The fourth-order valence-corrected chi connectivity index (χ4v) is 4.26. The Bertz CT molecular complexity index is 1130. The van der Waals surface area contributed by atoms with E-state index in [0.29, 0.717) is 21.0 Å². The Morgan fingerprint density at radius 1 is 1.27 bits per heavy atom. The fraction of sp³-hybridized carbons (Fsp3) is 0.227. The third-order valence-corrected chi connectivity index (χ3v) is 5.56. The van der Waals surface area contributed by atoms with E-state index in [9.17, 15) is 9.90 Å². The molecule has 0 amide bonds. The summed E-state index contributed by atoms with van der Waals surface area (Å²) in [6.07, 6.45) is 0. The zero-order valence-electron chi connectivity index (χ0n) is 16.6. The molecule has 0 aliphatic rings. The highest BCUT2D eigenvalue weighted by Crippen LogP contribution is 2.35. The number of aromatic nitrogens is 2. The normalized spacial score (nSPS) is 11.9. The van der Waals surface area contributed by atoms with Crippen molar-refractivity contribution in [2.24, 2.45) is 0 Å². The van der Waals surface area contributed by atoms with Crippen LogP contribution in [-0.2, 0) is 0 Å². The van der Waals surface area contributed by atoms with Crippen LogP contribution in [-0.4, -0.2) is 20.6 Å². The van der Waals surface area contributed by atoms with Gasteiger partial charge in [0.1, 0.15) is 0 Å². The van der Waals surface area contributed by atoms with E-state index >= 15 is 0 Å². The van der Waals surface area contributed by atoms with Gasteiger partial charge in [0, 0.05) is 16.8 Å². The maximum Gasteiger partial charge on any atom is 0.356 e. The molecule has 1 aromatic heterocycles. The highest BCUT2D eigenvalue weighted by Gasteiger charge is 2.30. The molecule has 0 aliphatic carbocycles. The van der Waals surface area contributed by atoms with E-state index in [2.05, 4.69) is 32.3 Å². The third-order valence-electron chi connectivity index (χ3n) is 4.77. The number of carboxylic acids is 1. The fourth-order valence-electron chi connectivity index (χ4n) is 3.31. The molecular formula is C22H20BrClN4O2. The van der Waals surface area contributed by atoms with Crippen molar-refractivity contribution in [3.8, 4) is 6.07 Å². The number of rotatable bonds is 6. The quantitative estimate of drug-likeness (QED) is 0.448. The van der Waals surface area contributed by atoms with E-state index in [-0.39, 0.29) is 11.7 Å².